The van der Waals surface area contributed by atoms with Crippen molar-refractivity contribution < 1.29 is 23.9 Å². The van der Waals surface area contributed by atoms with Gasteiger partial charge in [0.2, 0.25) is 0 Å². The van der Waals surface area contributed by atoms with Crippen LogP contribution in [-0.2, 0) is 16.0 Å². The van der Waals surface area contributed by atoms with Crippen molar-refractivity contribution in [2.45, 2.75) is 26.3 Å². The third-order valence-electron chi connectivity index (χ3n) is 5.97. The average molecular weight is 460 g/mol. The van der Waals surface area contributed by atoms with Gasteiger partial charge in [-0.15, -0.1) is 0 Å². The lowest BCUT2D eigenvalue weighted by molar-refractivity contribution is -0.127. The molecule has 4 rings (SSSR count). The fraction of sp³-hybridized carbons (Fsp3) is 0.231. The van der Waals surface area contributed by atoms with Crippen molar-refractivity contribution in [1.29, 1.82) is 0 Å². The molecule has 0 aliphatic carbocycles. The standard InChI is InChI=1S/C26H25N3O5/c1-16-13-21(17(2)29(16)20-11-9-19(10-12-20)25(32)34-3)23(30)15-28-24(31)22(27-26(28)33)14-18-7-5-4-6-8-18/h4-13,22H,14-15H2,1-3H3,(H,27,33). The molecular formula is C26H25N3O5. The van der Waals surface area contributed by atoms with Gasteiger partial charge in [-0.3, -0.25) is 14.5 Å². The second kappa shape index (κ2) is 9.35. The number of ketones is 1. The third-order valence-corrected chi connectivity index (χ3v) is 5.97. The number of carbonyl (C=O) groups excluding carboxylic acids is 4. The van der Waals surface area contributed by atoms with Gasteiger partial charge < -0.3 is 14.6 Å². The number of benzene rings is 2. The number of Topliss-reactive ketones (excluding diaryl/α,β-unsaturated/α-hetero) is 1. The summed E-state index contributed by atoms with van der Waals surface area (Å²) in [6.45, 7) is 3.33. The number of hydrogen-bond acceptors (Lipinski definition) is 5. The number of hydrogen-bond donors (Lipinski definition) is 1. The van der Waals surface area contributed by atoms with E-state index in [1.54, 1.807) is 37.3 Å². The molecule has 1 fully saturated rings. The Morgan fingerprint density at radius 2 is 1.68 bits per heavy atom. The fourth-order valence-corrected chi connectivity index (χ4v) is 4.25. The molecule has 0 saturated carbocycles. The Morgan fingerprint density at radius 1 is 1.00 bits per heavy atom. The predicted octanol–water partition coefficient (Wildman–Crippen LogP) is 3.23. The lowest BCUT2D eigenvalue weighted by Crippen LogP contribution is -2.36. The van der Waals surface area contributed by atoms with E-state index in [1.165, 1.54) is 7.11 Å². The number of urea groups is 1. The maximum Gasteiger partial charge on any atom is 0.337 e. The van der Waals surface area contributed by atoms with Crippen molar-refractivity contribution >= 4 is 23.7 Å². The number of methoxy groups -OCH3 is 1. The lowest BCUT2D eigenvalue weighted by atomic mass is 10.1. The molecule has 1 unspecified atom stereocenters. The monoisotopic (exact) mass is 459 g/mol. The Labute approximate surface area is 197 Å². The van der Waals surface area contributed by atoms with Crippen LogP contribution in [0.1, 0.15) is 37.7 Å². The smallest absolute Gasteiger partial charge is 0.337 e. The number of nitrogens with zero attached hydrogens (tertiary/aromatic N) is 2. The van der Waals surface area contributed by atoms with Gasteiger partial charge in [0.1, 0.15) is 6.04 Å². The van der Waals surface area contributed by atoms with Gasteiger partial charge in [-0.1, -0.05) is 30.3 Å². The van der Waals surface area contributed by atoms with Crippen molar-refractivity contribution in [2.75, 3.05) is 13.7 Å². The minimum atomic E-state index is -0.691. The van der Waals surface area contributed by atoms with E-state index in [1.807, 2.05) is 41.8 Å². The molecule has 0 radical (unpaired) electrons. The summed E-state index contributed by atoms with van der Waals surface area (Å²) in [6.07, 6.45) is 0.367. The average Bonchev–Trinajstić information content (AvgIpc) is 3.28. The number of carbonyl (C=O) groups is 4. The van der Waals surface area contributed by atoms with Crippen molar-refractivity contribution in [3.05, 3.63) is 88.7 Å². The highest BCUT2D eigenvalue weighted by Crippen LogP contribution is 2.23. The highest BCUT2D eigenvalue weighted by Gasteiger charge is 2.39. The molecule has 0 bridgehead atoms. The molecular weight excluding hydrogens is 434 g/mol. The van der Waals surface area contributed by atoms with Gasteiger partial charge >= 0.3 is 12.0 Å². The van der Waals surface area contributed by atoms with E-state index in [0.29, 0.717) is 23.2 Å². The first-order valence-electron chi connectivity index (χ1n) is 10.9. The molecule has 1 atom stereocenters. The summed E-state index contributed by atoms with van der Waals surface area (Å²) >= 11 is 0. The van der Waals surface area contributed by atoms with E-state index in [9.17, 15) is 19.2 Å². The van der Waals surface area contributed by atoms with Crippen LogP contribution >= 0.6 is 0 Å². The van der Waals surface area contributed by atoms with Crippen LogP contribution in [0.15, 0.2) is 60.7 Å². The normalized spacial score (nSPS) is 15.4. The van der Waals surface area contributed by atoms with Crippen LogP contribution in [0.25, 0.3) is 5.69 Å². The Balaban J connectivity index is 1.51. The first-order chi connectivity index (χ1) is 16.3. The summed E-state index contributed by atoms with van der Waals surface area (Å²) in [6, 6.07) is 16.7. The Hall–Kier alpha value is -4.20. The summed E-state index contributed by atoms with van der Waals surface area (Å²) in [5.74, 6) is -1.16. The van der Waals surface area contributed by atoms with E-state index in [4.69, 9.17) is 4.74 Å². The van der Waals surface area contributed by atoms with E-state index in [2.05, 4.69) is 5.32 Å². The first-order valence-corrected chi connectivity index (χ1v) is 10.9. The van der Waals surface area contributed by atoms with Gasteiger partial charge in [0, 0.05) is 29.1 Å². The second-order valence-electron chi connectivity index (χ2n) is 8.20. The molecule has 1 aromatic heterocycles. The summed E-state index contributed by atoms with van der Waals surface area (Å²) in [5.41, 5.74) is 4.05. The highest BCUT2D eigenvalue weighted by molar-refractivity contribution is 6.09. The number of imide groups is 1. The molecule has 8 nitrogen and oxygen atoms in total. The Kier molecular flexibility index (Phi) is 6.32. The van der Waals surface area contributed by atoms with Gasteiger partial charge in [0.15, 0.2) is 5.78 Å². The zero-order valence-corrected chi connectivity index (χ0v) is 19.2. The van der Waals surface area contributed by atoms with Crippen molar-refractivity contribution in [2.24, 2.45) is 0 Å². The number of aromatic nitrogens is 1. The highest BCUT2D eigenvalue weighted by atomic mass is 16.5. The number of rotatable bonds is 7. The minimum absolute atomic E-state index is 0.325. The molecule has 1 aliphatic heterocycles. The molecule has 3 aromatic rings. The van der Waals surface area contributed by atoms with E-state index in [-0.39, 0.29) is 12.3 Å². The Bertz CT molecular complexity index is 1260. The van der Waals surface area contributed by atoms with E-state index in [0.717, 1.165) is 21.8 Å². The quantitative estimate of drug-likeness (QED) is 0.332. The molecule has 34 heavy (non-hydrogen) atoms. The van der Waals surface area contributed by atoms with Crippen LogP contribution in [0.2, 0.25) is 0 Å². The van der Waals surface area contributed by atoms with Gasteiger partial charge in [-0.05, 0) is 49.7 Å². The summed E-state index contributed by atoms with van der Waals surface area (Å²) in [4.78, 5) is 51.0. The van der Waals surface area contributed by atoms with Crippen LogP contribution in [0.4, 0.5) is 4.79 Å². The van der Waals surface area contributed by atoms with Crippen LogP contribution in [-0.4, -0.2) is 52.9 Å². The summed E-state index contributed by atoms with van der Waals surface area (Å²) in [7, 11) is 1.32. The molecule has 2 aromatic carbocycles. The lowest BCUT2D eigenvalue weighted by Gasteiger charge is -2.13. The molecule has 174 valence electrons. The molecule has 8 heteroatoms. The molecule has 3 amide bonds. The van der Waals surface area contributed by atoms with Crippen LogP contribution in [0.5, 0.6) is 0 Å². The third kappa shape index (κ3) is 4.34. The SMILES string of the molecule is COC(=O)c1ccc(-n2c(C)cc(C(=O)CN3C(=O)NC(Cc4ccccc4)C3=O)c2C)cc1. The first kappa shape index (κ1) is 23.0. The molecule has 1 aliphatic rings. The molecule has 1 saturated heterocycles. The fourth-order valence-electron chi connectivity index (χ4n) is 4.25. The van der Waals surface area contributed by atoms with Gasteiger partial charge in [0.25, 0.3) is 5.91 Å². The zero-order valence-electron chi connectivity index (χ0n) is 19.2. The van der Waals surface area contributed by atoms with Crippen LogP contribution in [0.3, 0.4) is 0 Å². The minimum Gasteiger partial charge on any atom is -0.465 e. The maximum absolute atomic E-state index is 13.1. The maximum atomic E-state index is 13.1. The predicted molar refractivity (Wildman–Crippen MR) is 125 cm³/mol. The van der Waals surface area contributed by atoms with Crippen molar-refractivity contribution in [3.8, 4) is 5.69 Å². The summed E-state index contributed by atoms with van der Waals surface area (Å²) in [5, 5.41) is 2.68. The van der Waals surface area contributed by atoms with E-state index >= 15 is 0 Å². The van der Waals surface area contributed by atoms with Crippen molar-refractivity contribution in [1.82, 2.24) is 14.8 Å². The van der Waals surface area contributed by atoms with E-state index < -0.39 is 23.9 Å². The number of aryl methyl sites for hydroxylation is 1. The van der Waals surface area contributed by atoms with Gasteiger partial charge in [-0.25, -0.2) is 9.59 Å². The van der Waals surface area contributed by atoms with Gasteiger partial charge in [-0.2, -0.15) is 0 Å². The molecule has 0 spiro atoms. The summed E-state index contributed by atoms with van der Waals surface area (Å²) < 4.78 is 6.62. The number of nitrogens with one attached hydrogen (secondary N) is 1. The number of amides is 3. The number of esters is 1. The van der Waals surface area contributed by atoms with Crippen LogP contribution < -0.4 is 5.32 Å². The Morgan fingerprint density at radius 3 is 2.32 bits per heavy atom. The second-order valence-corrected chi connectivity index (χ2v) is 8.20. The molecule has 2 heterocycles. The molecule has 1 N–H and O–H groups in total. The zero-order chi connectivity index (χ0) is 24.4. The largest absolute Gasteiger partial charge is 0.465 e. The number of ether oxygens (including phenoxy) is 1. The van der Waals surface area contributed by atoms with Gasteiger partial charge in [0.05, 0.1) is 19.2 Å². The topological polar surface area (TPSA) is 97.7 Å². The van der Waals surface area contributed by atoms with Crippen molar-refractivity contribution in [3.63, 3.8) is 0 Å². The van der Waals surface area contributed by atoms with Crippen LogP contribution in [0, 0.1) is 13.8 Å².